The van der Waals surface area contributed by atoms with Crippen molar-refractivity contribution >= 4 is 101 Å². The zero-order valence-corrected chi connectivity index (χ0v) is 64.6. The molecule has 5 N–H and O–H groups in total. The predicted octanol–water partition coefficient (Wildman–Crippen LogP) is 10.5. The maximum Gasteiger partial charge on any atom is 0.501 e. The number of β-amino-alcohol motifs (C(OH)–C–C–N with tert-alkyl or cyclic N) is 1. The Hall–Kier alpha value is -7.45. The van der Waals surface area contributed by atoms with Gasteiger partial charge in [-0.1, -0.05) is 106 Å². The Labute approximate surface area is 632 Å². The minimum atomic E-state index is -6.20. The molecule has 106 heavy (non-hydrogen) atoms. The van der Waals surface area contributed by atoms with Crippen molar-refractivity contribution in [2.24, 2.45) is 10.8 Å². The zero-order chi connectivity index (χ0) is 76.3. The van der Waals surface area contributed by atoms with Crippen LogP contribution >= 0.6 is 34.7 Å². The van der Waals surface area contributed by atoms with Gasteiger partial charge in [-0.15, -0.1) is 23.1 Å². The van der Waals surface area contributed by atoms with Crippen LogP contribution in [0.1, 0.15) is 107 Å². The molecule has 0 saturated carbocycles. The fourth-order valence-corrected chi connectivity index (χ4v) is 17.6. The van der Waals surface area contributed by atoms with E-state index >= 15 is 0 Å². The van der Waals surface area contributed by atoms with Crippen LogP contribution in [0.25, 0.3) is 16.0 Å². The molecule has 3 saturated heterocycles. The Kier molecular flexibility index (Phi) is 27.0. The molecule has 1 aliphatic carbocycles. The normalized spacial score (nSPS) is 18.6. The molecule has 3 fully saturated rings. The number of aliphatic hydroxyl groups is 1. The van der Waals surface area contributed by atoms with Crippen LogP contribution in [0.4, 0.5) is 24.5 Å². The van der Waals surface area contributed by atoms with E-state index in [1.165, 1.54) is 45.5 Å². The first-order valence-corrected chi connectivity index (χ1v) is 40.7. The second kappa shape index (κ2) is 35.3. The highest BCUT2D eigenvalue weighted by atomic mass is 35.5. The standard InChI is InChI=1S/C76H94ClF3N10O12S4/c1-50(52-13-15-54(16-14-52)69-51(2)81-49-104-69)82-72(95)65-41-60(91)45-90(65)73(96)70(74(3,4)5)84-67(92)46-101-39-40-102-47-68(93)89-37-31-86(32-38-89)30-28-58(48-103-61-11-9-8-10-12-61)83-64-26-25-62(42-66(64)105(97,98)76(78,79)80)106(99,100)85-71(94)55-19-23-59(24-20-55)88-35-33-87(34-36-88)44-56-43-75(6,7)29-27-63(56)53-17-21-57(77)22-18-53/h8-26,42,49-50,58,60,65,70,83,91H,27-41,43-48H2,1-7H3,(H,82,95)(H,84,92)(H,85,94). The summed E-state index contributed by atoms with van der Waals surface area (Å²) in [4.78, 5) is 81.8. The van der Waals surface area contributed by atoms with E-state index in [1.807, 2.05) is 85.3 Å². The van der Waals surface area contributed by atoms with Crippen LogP contribution in [0.5, 0.6) is 0 Å². The van der Waals surface area contributed by atoms with Gasteiger partial charge in [-0.3, -0.25) is 33.8 Å². The summed E-state index contributed by atoms with van der Waals surface area (Å²) in [6.07, 6.45) is 2.40. The number of piperazine rings is 2. The molecule has 30 heteroatoms. The van der Waals surface area contributed by atoms with Crippen molar-refractivity contribution < 1.29 is 68.6 Å². The van der Waals surface area contributed by atoms with Gasteiger partial charge in [0.2, 0.25) is 23.6 Å². The van der Waals surface area contributed by atoms with Crippen LogP contribution in [-0.2, 0) is 48.5 Å². The van der Waals surface area contributed by atoms with Gasteiger partial charge in [0.25, 0.3) is 25.8 Å². The van der Waals surface area contributed by atoms with Gasteiger partial charge in [0.1, 0.15) is 30.2 Å². The number of anilines is 2. The van der Waals surface area contributed by atoms with E-state index in [0.717, 1.165) is 83.3 Å². The number of aromatic nitrogens is 1. The first-order chi connectivity index (χ1) is 50.2. The van der Waals surface area contributed by atoms with Gasteiger partial charge in [0, 0.05) is 111 Å². The smallest absolute Gasteiger partial charge is 0.391 e. The summed E-state index contributed by atoms with van der Waals surface area (Å²) in [5, 5.41) is 20.2. The van der Waals surface area contributed by atoms with Crippen molar-refractivity contribution in [3.63, 3.8) is 0 Å². The maximum absolute atomic E-state index is 14.6. The molecule has 22 nitrogen and oxygen atoms in total. The number of hydrogen-bond acceptors (Lipinski definition) is 19. The minimum absolute atomic E-state index is 0.0191. The highest BCUT2D eigenvalue weighted by Crippen LogP contribution is 2.44. The number of nitrogens with zero attached hydrogens (tertiary/aromatic N) is 6. The predicted molar refractivity (Wildman–Crippen MR) is 406 cm³/mol. The molecule has 5 amide bonds. The largest absolute Gasteiger partial charge is 0.501 e. The van der Waals surface area contributed by atoms with Crippen LogP contribution in [-0.4, -0.2) is 210 Å². The molecule has 6 aromatic rings. The van der Waals surface area contributed by atoms with Crippen LogP contribution in [0.2, 0.25) is 5.02 Å². The highest BCUT2D eigenvalue weighted by Gasteiger charge is 2.49. The van der Waals surface area contributed by atoms with Crippen molar-refractivity contribution in [2.75, 3.05) is 114 Å². The van der Waals surface area contributed by atoms with Gasteiger partial charge in [-0.05, 0) is 139 Å². The highest BCUT2D eigenvalue weighted by molar-refractivity contribution is 7.99. The zero-order valence-electron chi connectivity index (χ0n) is 60.6. The number of amides is 5. The summed E-state index contributed by atoms with van der Waals surface area (Å²) in [5.41, 5.74) is 2.35. The lowest BCUT2D eigenvalue weighted by molar-refractivity contribution is -0.145. The third-order valence-electron chi connectivity index (χ3n) is 19.7. The quantitative estimate of drug-likeness (QED) is 0.0216. The van der Waals surface area contributed by atoms with Gasteiger partial charge < -0.3 is 45.2 Å². The number of rotatable bonds is 29. The number of aryl methyl sites for hydroxylation is 1. The number of thiazole rings is 1. The Balaban J connectivity index is 0.680. The maximum atomic E-state index is 14.6. The number of carbonyl (C=O) groups excluding carboxylic acids is 5. The summed E-state index contributed by atoms with van der Waals surface area (Å²) in [6, 6.07) is 30.4. The van der Waals surface area contributed by atoms with E-state index in [0.29, 0.717) is 56.9 Å². The lowest BCUT2D eigenvalue weighted by Gasteiger charge is -2.39. The molecule has 5 unspecified atom stereocenters. The molecule has 0 radical (unpaired) electrons. The Morgan fingerprint density at radius 2 is 1.45 bits per heavy atom. The molecular formula is C76H94ClF3N10O12S4. The first-order valence-electron chi connectivity index (χ1n) is 35.5. The Morgan fingerprint density at radius 3 is 2.09 bits per heavy atom. The molecule has 1 aromatic heterocycles. The van der Waals surface area contributed by atoms with Crippen LogP contribution in [0.3, 0.4) is 0 Å². The van der Waals surface area contributed by atoms with E-state index in [4.69, 9.17) is 21.1 Å². The van der Waals surface area contributed by atoms with Crippen LogP contribution < -0.4 is 25.6 Å². The fourth-order valence-electron chi connectivity index (χ4n) is 13.6. The van der Waals surface area contributed by atoms with E-state index < -0.39 is 107 Å². The van der Waals surface area contributed by atoms with Crippen molar-refractivity contribution in [1.29, 1.82) is 0 Å². The summed E-state index contributed by atoms with van der Waals surface area (Å²) in [5.74, 6) is -2.71. The number of allylic oxidation sites excluding steroid dienone is 1. The number of halogens is 4. The average Bonchev–Trinajstić information content (AvgIpc) is 1.45. The molecular weight excluding hydrogens is 1470 g/mol. The minimum Gasteiger partial charge on any atom is -0.391 e. The molecule has 4 heterocycles. The molecule has 5 atom stereocenters. The number of likely N-dealkylation sites (tertiary alicyclic amines) is 1. The molecule has 0 bridgehead atoms. The van der Waals surface area contributed by atoms with Gasteiger partial charge >= 0.3 is 5.51 Å². The number of benzene rings is 5. The number of ether oxygens (including phenoxy) is 2. The molecule has 572 valence electrons. The van der Waals surface area contributed by atoms with Gasteiger partial charge in [-0.25, -0.2) is 26.5 Å². The number of nitrogens with one attached hydrogen (secondary N) is 4. The van der Waals surface area contributed by atoms with E-state index in [1.54, 1.807) is 54.7 Å². The molecule has 4 aliphatic rings. The summed E-state index contributed by atoms with van der Waals surface area (Å²) >= 11 is 9.14. The van der Waals surface area contributed by atoms with E-state index in [2.05, 4.69) is 61.6 Å². The summed E-state index contributed by atoms with van der Waals surface area (Å²) < 4.78 is 111. The number of hydrogen-bond donors (Lipinski definition) is 5. The monoisotopic (exact) mass is 1560 g/mol. The van der Waals surface area contributed by atoms with Gasteiger partial charge in [0.15, 0.2) is 0 Å². The number of thioether (sulfide) groups is 1. The number of carbonyl (C=O) groups is 5. The molecule has 3 aliphatic heterocycles. The molecule has 5 aromatic carbocycles. The third-order valence-corrected chi connectivity index (χ3v) is 25.0. The number of sulfone groups is 1. The molecule has 10 rings (SSSR count). The van der Waals surface area contributed by atoms with Gasteiger partial charge in [-0.2, -0.15) is 13.2 Å². The fraction of sp³-hybridized carbons (Fsp3) is 0.474. The lowest BCUT2D eigenvalue weighted by atomic mass is 9.73. The SMILES string of the molecule is Cc1ncsc1-c1ccc(C(C)NC(=O)C2CC(O)CN2C(=O)C(NC(=O)COCCOCC(=O)N2CCN(CCC(CSc3ccccc3)Nc3ccc(S(=O)(=O)NC(=O)c4ccc(N5CCN(CC6=C(c7ccc(Cl)cc7)CCC(C)(C)C6)CC5)cc4)cc3S(=O)(=O)C(F)(F)F)CC2)C(C)(C)C)cc1. The molecule has 0 spiro atoms. The van der Waals surface area contributed by atoms with Crippen molar-refractivity contribution in [2.45, 2.75) is 131 Å². The number of alkyl halides is 3. The van der Waals surface area contributed by atoms with Crippen LogP contribution in [0, 0.1) is 17.8 Å². The van der Waals surface area contributed by atoms with Crippen molar-refractivity contribution in [1.82, 2.24) is 39.9 Å². The average molecular weight is 1560 g/mol. The first kappa shape index (κ1) is 81.1. The number of aliphatic hydroxyl groups excluding tert-OH is 1. The van der Waals surface area contributed by atoms with Crippen LogP contribution in [0.15, 0.2) is 147 Å². The Morgan fingerprint density at radius 1 is 0.802 bits per heavy atom. The lowest BCUT2D eigenvalue weighted by Crippen LogP contribution is -2.58. The third kappa shape index (κ3) is 21.3. The Bertz CT molecular complexity index is 4320. The second-order valence-corrected chi connectivity index (χ2v) is 35.2. The van der Waals surface area contributed by atoms with Crippen molar-refractivity contribution in [3.05, 3.63) is 160 Å². The van der Waals surface area contributed by atoms with Gasteiger partial charge in [0.05, 0.1) is 52.0 Å². The van der Waals surface area contributed by atoms with E-state index in [9.17, 15) is 59.1 Å². The van der Waals surface area contributed by atoms with Crippen molar-refractivity contribution in [3.8, 4) is 10.4 Å². The number of sulfonamides is 1. The summed E-state index contributed by atoms with van der Waals surface area (Å²) in [7, 11) is -11.2. The summed E-state index contributed by atoms with van der Waals surface area (Å²) in [6.45, 7) is 18.4. The van der Waals surface area contributed by atoms with E-state index in [-0.39, 0.29) is 61.8 Å². The topological polar surface area (TPSA) is 270 Å². The second-order valence-electron chi connectivity index (χ2n) is 29.2.